The van der Waals surface area contributed by atoms with Gasteiger partial charge in [0.25, 0.3) is 0 Å². The Morgan fingerprint density at radius 3 is 2.60 bits per heavy atom. The summed E-state index contributed by atoms with van der Waals surface area (Å²) in [5.41, 5.74) is 0.281. The van der Waals surface area contributed by atoms with Crippen molar-refractivity contribution >= 4 is 27.3 Å². The lowest BCUT2D eigenvalue weighted by atomic mass is 9.87. The predicted molar refractivity (Wildman–Crippen MR) is 72.9 cm³/mol. The van der Waals surface area contributed by atoms with Crippen LogP contribution in [0.1, 0.15) is 36.9 Å². The zero-order valence-corrected chi connectivity index (χ0v) is 12.4. The maximum absolute atomic E-state index is 3.59. The molecule has 0 fully saturated rings. The van der Waals surface area contributed by atoms with Crippen LogP contribution in [0.4, 0.5) is 0 Å². The SMILES string of the molecule is CCNCCC(C)(C)c1cc(Br)c(C)s1. The standard InChI is InChI=1S/C12H20BrNS/c1-5-14-7-6-12(3,4)11-8-10(13)9(2)15-11/h8,14H,5-7H2,1-4H3. The molecule has 0 aliphatic heterocycles. The number of halogens is 1. The van der Waals surface area contributed by atoms with Crippen molar-refractivity contribution in [1.82, 2.24) is 5.32 Å². The van der Waals surface area contributed by atoms with Crippen LogP contribution in [0, 0.1) is 6.92 Å². The van der Waals surface area contributed by atoms with Gasteiger partial charge in [-0.1, -0.05) is 20.8 Å². The second-order valence-electron chi connectivity index (χ2n) is 4.50. The molecule has 1 heterocycles. The quantitative estimate of drug-likeness (QED) is 0.805. The van der Waals surface area contributed by atoms with Crippen LogP contribution >= 0.6 is 27.3 Å². The van der Waals surface area contributed by atoms with Crippen LogP contribution in [0.2, 0.25) is 0 Å². The summed E-state index contributed by atoms with van der Waals surface area (Å²) >= 11 is 5.49. The molecule has 15 heavy (non-hydrogen) atoms. The summed E-state index contributed by atoms with van der Waals surface area (Å²) in [6, 6.07) is 2.27. The Hall–Kier alpha value is 0.140. The lowest BCUT2D eigenvalue weighted by molar-refractivity contribution is 0.469. The Bertz CT molecular complexity index is 298. The molecule has 0 saturated carbocycles. The molecule has 0 amide bonds. The van der Waals surface area contributed by atoms with Crippen molar-refractivity contribution in [3.8, 4) is 0 Å². The Labute approximate surface area is 105 Å². The third kappa shape index (κ3) is 3.58. The first-order valence-electron chi connectivity index (χ1n) is 5.44. The van der Waals surface area contributed by atoms with E-state index in [-0.39, 0.29) is 5.41 Å². The van der Waals surface area contributed by atoms with Crippen LogP contribution in [-0.4, -0.2) is 13.1 Å². The molecule has 0 radical (unpaired) electrons. The van der Waals surface area contributed by atoms with Gasteiger partial charge in [-0.25, -0.2) is 0 Å². The van der Waals surface area contributed by atoms with Crippen molar-refractivity contribution in [2.75, 3.05) is 13.1 Å². The zero-order valence-electron chi connectivity index (χ0n) is 9.98. The molecular formula is C12H20BrNS. The Balaban J connectivity index is 2.67. The Morgan fingerprint density at radius 1 is 1.47 bits per heavy atom. The molecule has 0 atom stereocenters. The van der Waals surface area contributed by atoms with Gasteiger partial charge >= 0.3 is 0 Å². The molecular weight excluding hydrogens is 270 g/mol. The van der Waals surface area contributed by atoms with E-state index in [1.807, 2.05) is 11.3 Å². The molecule has 0 spiro atoms. The van der Waals surface area contributed by atoms with E-state index >= 15 is 0 Å². The molecule has 1 nitrogen and oxygen atoms in total. The number of hydrogen-bond acceptors (Lipinski definition) is 2. The van der Waals surface area contributed by atoms with Crippen LogP contribution in [-0.2, 0) is 5.41 Å². The van der Waals surface area contributed by atoms with Gasteiger partial charge in [0, 0.05) is 19.6 Å². The third-order valence-corrected chi connectivity index (χ3v) is 5.20. The summed E-state index contributed by atoms with van der Waals surface area (Å²) in [5, 5.41) is 3.39. The number of hydrogen-bond donors (Lipinski definition) is 1. The highest BCUT2D eigenvalue weighted by molar-refractivity contribution is 9.10. The second kappa shape index (κ2) is 5.46. The van der Waals surface area contributed by atoms with Gasteiger partial charge in [0.15, 0.2) is 0 Å². The minimum atomic E-state index is 0.281. The smallest absolute Gasteiger partial charge is 0.0314 e. The molecule has 0 unspecified atom stereocenters. The molecule has 86 valence electrons. The topological polar surface area (TPSA) is 12.0 Å². The van der Waals surface area contributed by atoms with Gasteiger partial charge in [-0.3, -0.25) is 0 Å². The van der Waals surface area contributed by atoms with Crippen LogP contribution in [0.5, 0.6) is 0 Å². The monoisotopic (exact) mass is 289 g/mol. The van der Waals surface area contributed by atoms with Gasteiger partial charge in [-0.2, -0.15) is 0 Å². The van der Waals surface area contributed by atoms with E-state index in [1.165, 1.54) is 20.6 Å². The third-order valence-electron chi connectivity index (χ3n) is 2.70. The maximum atomic E-state index is 3.59. The number of rotatable bonds is 5. The molecule has 0 bridgehead atoms. The number of aryl methyl sites for hydroxylation is 1. The molecule has 0 aliphatic rings. The zero-order chi connectivity index (χ0) is 11.5. The molecule has 1 N–H and O–H groups in total. The summed E-state index contributed by atoms with van der Waals surface area (Å²) in [7, 11) is 0. The van der Waals surface area contributed by atoms with Crippen LogP contribution in [0.15, 0.2) is 10.5 Å². The van der Waals surface area contributed by atoms with E-state index in [0.717, 1.165) is 13.1 Å². The highest BCUT2D eigenvalue weighted by Crippen LogP contribution is 2.36. The first kappa shape index (κ1) is 13.2. The normalized spacial score (nSPS) is 12.1. The molecule has 1 aromatic heterocycles. The first-order valence-corrected chi connectivity index (χ1v) is 7.05. The Kier molecular flexibility index (Phi) is 4.81. The fourth-order valence-corrected chi connectivity index (χ4v) is 3.16. The van der Waals surface area contributed by atoms with Crippen molar-refractivity contribution in [3.63, 3.8) is 0 Å². The van der Waals surface area contributed by atoms with Crippen molar-refractivity contribution in [2.45, 2.75) is 39.5 Å². The van der Waals surface area contributed by atoms with Gasteiger partial charge in [-0.15, -0.1) is 11.3 Å². The average molecular weight is 290 g/mol. The van der Waals surface area contributed by atoms with Gasteiger partial charge < -0.3 is 5.32 Å². The molecule has 0 aromatic carbocycles. The largest absolute Gasteiger partial charge is 0.317 e. The van der Waals surface area contributed by atoms with Crippen molar-refractivity contribution in [1.29, 1.82) is 0 Å². The minimum absolute atomic E-state index is 0.281. The Morgan fingerprint density at radius 2 is 2.13 bits per heavy atom. The predicted octanol–water partition coefficient (Wildman–Crippen LogP) is 4.10. The molecule has 3 heteroatoms. The van der Waals surface area contributed by atoms with Crippen molar-refractivity contribution < 1.29 is 0 Å². The highest BCUT2D eigenvalue weighted by Gasteiger charge is 2.22. The molecule has 0 saturated heterocycles. The van der Waals surface area contributed by atoms with E-state index in [1.54, 1.807) is 0 Å². The van der Waals surface area contributed by atoms with Crippen molar-refractivity contribution in [3.05, 3.63) is 20.3 Å². The van der Waals surface area contributed by atoms with E-state index in [2.05, 4.69) is 55.0 Å². The summed E-state index contributed by atoms with van der Waals surface area (Å²) in [4.78, 5) is 2.85. The molecule has 1 aromatic rings. The maximum Gasteiger partial charge on any atom is 0.0314 e. The van der Waals surface area contributed by atoms with Crippen LogP contribution < -0.4 is 5.32 Å². The van der Waals surface area contributed by atoms with E-state index in [4.69, 9.17) is 0 Å². The second-order valence-corrected chi connectivity index (χ2v) is 6.61. The van der Waals surface area contributed by atoms with Gasteiger partial charge in [0.1, 0.15) is 0 Å². The molecule has 1 rings (SSSR count). The highest BCUT2D eigenvalue weighted by atomic mass is 79.9. The van der Waals surface area contributed by atoms with E-state index in [9.17, 15) is 0 Å². The average Bonchev–Trinajstić information content (AvgIpc) is 2.48. The molecule has 0 aliphatic carbocycles. The number of thiophene rings is 1. The van der Waals surface area contributed by atoms with E-state index in [0.29, 0.717) is 0 Å². The number of nitrogens with one attached hydrogen (secondary N) is 1. The first-order chi connectivity index (χ1) is 6.97. The lowest BCUT2D eigenvalue weighted by Crippen LogP contribution is -2.24. The summed E-state index contributed by atoms with van der Waals surface area (Å²) in [5.74, 6) is 0. The van der Waals surface area contributed by atoms with E-state index < -0.39 is 0 Å². The fraction of sp³-hybridized carbons (Fsp3) is 0.667. The minimum Gasteiger partial charge on any atom is -0.317 e. The van der Waals surface area contributed by atoms with Gasteiger partial charge in [0.05, 0.1) is 0 Å². The lowest BCUT2D eigenvalue weighted by Gasteiger charge is -2.23. The van der Waals surface area contributed by atoms with Crippen LogP contribution in [0.3, 0.4) is 0 Å². The summed E-state index contributed by atoms with van der Waals surface area (Å²) in [6.07, 6.45) is 1.19. The fourth-order valence-electron chi connectivity index (χ4n) is 1.49. The summed E-state index contributed by atoms with van der Waals surface area (Å²) < 4.78 is 1.25. The summed E-state index contributed by atoms with van der Waals surface area (Å²) in [6.45, 7) is 11.1. The van der Waals surface area contributed by atoms with Gasteiger partial charge in [0.2, 0.25) is 0 Å². The van der Waals surface area contributed by atoms with Crippen LogP contribution in [0.25, 0.3) is 0 Å². The van der Waals surface area contributed by atoms with Gasteiger partial charge in [-0.05, 0) is 48.4 Å². The van der Waals surface area contributed by atoms with Crippen molar-refractivity contribution in [2.24, 2.45) is 0 Å².